The number of carbonyl (C=O) groups excluding carboxylic acids is 2. The van der Waals surface area contributed by atoms with Gasteiger partial charge in [0.15, 0.2) is 0 Å². The predicted molar refractivity (Wildman–Crippen MR) is 85.0 cm³/mol. The maximum Gasteiger partial charge on any atom is 0.408 e. The van der Waals surface area contributed by atoms with Gasteiger partial charge < -0.3 is 20.1 Å². The van der Waals surface area contributed by atoms with Crippen LogP contribution in [0.15, 0.2) is 0 Å². The summed E-state index contributed by atoms with van der Waals surface area (Å²) >= 11 is 0. The number of amides is 2. The molecule has 0 aliphatic carbocycles. The van der Waals surface area contributed by atoms with Crippen LogP contribution >= 0.6 is 0 Å². The molecule has 7 nitrogen and oxygen atoms in total. The molecular weight excluding hydrogens is 300 g/mol. The number of hydrogen-bond donors (Lipinski definition) is 2. The van der Waals surface area contributed by atoms with E-state index in [0.717, 1.165) is 12.8 Å². The van der Waals surface area contributed by atoms with E-state index in [0.29, 0.717) is 25.9 Å². The molecule has 132 valence electrons. The van der Waals surface area contributed by atoms with Gasteiger partial charge >= 0.3 is 12.1 Å². The van der Waals surface area contributed by atoms with Crippen molar-refractivity contribution in [3.63, 3.8) is 0 Å². The Morgan fingerprint density at radius 2 is 1.78 bits per heavy atom. The van der Waals surface area contributed by atoms with Crippen LogP contribution in [0.4, 0.5) is 4.79 Å². The van der Waals surface area contributed by atoms with Crippen molar-refractivity contribution in [1.29, 1.82) is 0 Å². The molecule has 7 heteroatoms. The smallest absolute Gasteiger partial charge is 0.408 e. The van der Waals surface area contributed by atoms with Gasteiger partial charge in [-0.2, -0.15) is 0 Å². The second-order valence-electron chi connectivity index (χ2n) is 6.89. The number of likely N-dealkylation sites (tertiary alicyclic amines) is 1. The zero-order valence-electron chi connectivity index (χ0n) is 14.4. The fourth-order valence-electron chi connectivity index (χ4n) is 2.65. The van der Waals surface area contributed by atoms with E-state index in [1.165, 1.54) is 0 Å². The van der Waals surface area contributed by atoms with Crippen LogP contribution < -0.4 is 5.32 Å². The molecule has 2 amide bonds. The Morgan fingerprint density at radius 3 is 2.22 bits per heavy atom. The van der Waals surface area contributed by atoms with E-state index < -0.39 is 29.6 Å². The number of ether oxygens (including phenoxy) is 1. The summed E-state index contributed by atoms with van der Waals surface area (Å²) in [5.74, 6) is -2.38. The van der Waals surface area contributed by atoms with Crippen LogP contribution in [-0.4, -0.2) is 52.7 Å². The van der Waals surface area contributed by atoms with Gasteiger partial charge in [0.1, 0.15) is 11.6 Å². The lowest BCUT2D eigenvalue weighted by atomic mass is 9.93. The summed E-state index contributed by atoms with van der Waals surface area (Å²) in [5, 5.41) is 11.9. The Hall–Kier alpha value is -1.79. The minimum atomic E-state index is -1.10. The molecule has 2 unspecified atom stereocenters. The summed E-state index contributed by atoms with van der Waals surface area (Å²) in [7, 11) is 0. The average Bonchev–Trinajstić information content (AvgIpc) is 2.93. The van der Waals surface area contributed by atoms with Gasteiger partial charge in [0, 0.05) is 13.1 Å². The fourth-order valence-corrected chi connectivity index (χ4v) is 2.65. The first-order valence-electron chi connectivity index (χ1n) is 8.17. The number of alkyl carbamates (subject to hydrolysis) is 1. The number of carboxylic acids is 1. The van der Waals surface area contributed by atoms with Crippen molar-refractivity contribution < 1.29 is 24.2 Å². The molecule has 2 atom stereocenters. The van der Waals surface area contributed by atoms with Gasteiger partial charge in [0.2, 0.25) is 5.91 Å². The first kappa shape index (κ1) is 19.3. The zero-order valence-corrected chi connectivity index (χ0v) is 14.4. The highest BCUT2D eigenvalue weighted by Gasteiger charge is 2.38. The summed E-state index contributed by atoms with van der Waals surface area (Å²) < 4.78 is 5.18. The molecule has 0 aromatic carbocycles. The Balaban J connectivity index is 2.92. The minimum Gasteiger partial charge on any atom is -0.481 e. The molecule has 1 fully saturated rings. The van der Waals surface area contributed by atoms with Gasteiger partial charge in [-0.15, -0.1) is 0 Å². The summed E-state index contributed by atoms with van der Waals surface area (Å²) in [5.41, 5.74) is -0.713. The number of hydrogen-bond acceptors (Lipinski definition) is 4. The second-order valence-corrected chi connectivity index (χ2v) is 6.89. The number of carbonyl (C=O) groups is 3. The number of rotatable bonds is 6. The molecule has 1 aliphatic heterocycles. The van der Waals surface area contributed by atoms with Crippen molar-refractivity contribution in [2.75, 3.05) is 13.1 Å². The SMILES string of the molecule is CCCC(C(=O)O)C(NC(=O)OC(C)(C)C)C(=O)N1CCCC1. The Kier molecular flexibility index (Phi) is 6.84. The van der Waals surface area contributed by atoms with Crippen molar-refractivity contribution in [3.8, 4) is 0 Å². The summed E-state index contributed by atoms with van der Waals surface area (Å²) in [6, 6.07) is -1.10. The van der Waals surface area contributed by atoms with Crippen LogP contribution in [0.2, 0.25) is 0 Å². The topological polar surface area (TPSA) is 95.9 Å². The number of nitrogens with zero attached hydrogens (tertiary/aromatic N) is 1. The maximum atomic E-state index is 12.7. The van der Waals surface area contributed by atoms with E-state index in [4.69, 9.17) is 4.74 Å². The molecule has 0 aromatic rings. The molecule has 23 heavy (non-hydrogen) atoms. The first-order valence-corrected chi connectivity index (χ1v) is 8.17. The lowest BCUT2D eigenvalue weighted by molar-refractivity contribution is -0.148. The Bertz CT molecular complexity index is 438. The molecule has 0 bridgehead atoms. The van der Waals surface area contributed by atoms with Crippen LogP contribution in [0.1, 0.15) is 53.4 Å². The lowest BCUT2D eigenvalue weighted by Gasteiger charge is -2.29. The molecule has 2 N–H and O–H groups in total. The van der Waals surface area contributed by atoms with Gasteiger partial charge in [-0.05, 0) is 40.0 Å². The first-order chi connectivity index (χ1) is 10.7. The van der Waals surface area contributed by atoms with Crippen LogP contribution in [-0.2, 0) is 14.3 Å². The minimum absolute atomic E-state index is 0.315. The highest BCUT2D eigenvalue weighted by Crippen LogP contribution is 2.18. The zero-order chi connectivity index (χ0) is 17.6. The third-order valence-electron chi connectivity index (χ3n) is 3.68. The van der Waals surface area contributed by atoms with E-state index in [1.807, 2.05) is 6.92 Å². The third-order valence-corrected chi connectivity index (χ3v) is 3.68. The fraction of sp³-hybridized carbons (Fsp3) is 0.812. The number of carboxylic acid groups (broad SMARTS) is 1. The van der Waals surface area contributed by atoms with Gasteiger partial charge in [-0.1, -0.05) is 13.3 Å². The van der Waals surface area contributed by atoms with E-state index in [2.05, 4.69) is 5.32 Å². The van der Waals surface area contributed by atoms with Crippen LogP contribution in [0.25, 0.3) is 0 Å². The van der Waals surface area contributed by atoms with Crippen LogP contribution in [0.3, 0.4) is 0 Å². The lowest BCUT2D eigenvalue weighted by Crippen LogP contribution is -2.54. The highest BCUT2D eigenvalue weighted by atomic mass is 16.6. The van der Waals surface area contributed by atoms with Crippen LogP contribution in [0, 0.1) is 5.92 Å². The van der Waals surface area contributed by atoms with Crippen molar-refractivity contribution in [2.45, 2.75) is 65.0 Å². The van der Waals surface area contributed by atoms with Crippen molar-refractivity contribution >= 4 is 18.0 Å². The maximum absolute atomic E-state index is 12.7. The van der Waals surface area contributed by atoms with Gasteiger partial charge in [-0.25, -0.2) is 4.79 Å². The summed E-state index contributed by atoms with van der Waals surface area (Å²) in [6.07, 6.45) is 1.95. The Morgan fingerprint density at radius 1 is 1.22 bits per heavy atom. The van der Waals surface area contributed by atoms with Gasteiger partial charge in [0.25, 0.3) is 0 Å². The second kappa shape index (κ2) is 8.17. The number of aliphatic carboxylic acids is 1. The molecule has 1 saturated heterocycles. The van der Waals surface area contributed by atoms with Gasteiger partial charge in [-0.3, -0.25) is 9.59 Å². The summed E-state index contributed by atoms with van der Waals surface area (Å²) in [6.45, 7) is 8.19. The molecule has 1 rings (SSSR count). The molecule has 0 saturated carbocycles. The van der Waals surface area contributed by atoms with Crippen molar-refractivity contribution in [3.05, 3.63) is 0 Å². The number of nitrogens with one attached hydrogen (secondary N) is 1. The molecular formula is C16H28N2O5. The Labute approximate surface area is 137 Å². The molecule has 0 spiro atoms. The standard InChI is InChI=1S/C16H28N2O5/c1-5-8-11(14(20)21)12(13(19)18-9-6-7-10-18)17-15(22)23-16(2,3)4/h11-12H,5-10H2,1-4H3,(H,17,22)(H,20,21). The van der Waals surface area contributed by atoms with E-state index in [9.17, 15) is 19.5 Å². The molecule has 0 radical (unpaired) electrons. The van der Waals surface area contributed by atoms with E-state index in [-0.39, 0.29) is 5.91 Å². The van der Waals surface area contributed by atoms with Crippen molar-refractivity contribution in [1.82, 2.24) is 10.2 Å². The van der Waals surface area contributed by atoms with E-state index in [1.54, 1.807) is 25.7 Å². The molecule has 1 aliphatic rings. The molecule has 0 aromatic heterocycles. The largest absolute Gasteiger partial charge is 0.481 e. The highest BCUT2D eigenvalue weighted by molar-refractivity contribution is 5.90. The van der Waals surface area contributed by atoms with E-state index >= 15 is 0 Å². The molecule has 1 heterocycles. The quantitative estimate of drug-likeness (QED) is 0.777. The van der Waals surface area contributed by atoms with Crippen LogP contribution in [0.5, 0.6) is 0 Å². The van der Waals surface area contributed by atoms with Crippen molar-refractivity contribution in [2.24, 2.45) is 5.92 Å². The third kappa shape index (κ3) is 6.08. The monoisotopic (exact) mass is 328 g/mol. The average molecular weight is 328 g/mol. The van der Waals surface area contributed by atoms with Gasteiger partial charge in [0.05, 0.1) is 5.92 Å². The normalized spacial score (nSPS) is 17.5. The predicted octanol–water partition coefficient (Wildman–Crippen LogP) is 2.00. The summed E-state index contributed by atoms with van der Waals surface area (Å²) in [4.78, 5) is 37.9.